The van der Waals surface area contributed by atoms with E-state index in [1.807, 2.05) is 32.8 Å². The molecule has 0 aliphatic carbocycles. The minimum absolute atomic E-state index is 0. The first-order valence-corrected chi connectivity index (χ1v) is 10.9. The number of rotatable bonds is 6. The molecular weight excluding hydrogens is 448 g/mol. The molecule has 0 atom stereocenters. The number of nitrogens with zero attached hydrogens (tertiary/aromatic N) is 4. The van der Waals surface area contributed by atoms with Gasteiger partial charge in [0.2, 0.25) is 5.91 Å². The molecule has 32 heavy (non-hydrogen) atoms. The van der Waals surface area contributed by atoms with Gasteiger partial charge in [-0.3, -0.25) is 24.2 Å². The zero-order valence-electron chi connectivity index (χ0n) is 18.4. The van der Waals surface area contributed by atoms with Crippen LogP contribution in [0.5, 0.6) is 0 Å². The molecule has 9 heteroatoms. The maximum absolute atomic E-state index is 13.3. The summed E-state index contributed by atoms with van der Waals surface area (Å²) in [6.45, 7) is 4.76. The van der Waals surface area contributed by atoms with Gasteiger partial charge in [0.25, 0.3) is 11.8 Å². The molecule has 4 rings (SSSR count). The Hall–Kier alpha value is -2.81. The number of fused-ring (bicyclic) bond motifs is 2. The average Bonchev–Trinajstić information content (AvgIpc) is 3.23. The third kappa shape index (κ3) is 4.39. The van der Waals surface area contributed by atoms with Crippen molar-refractivity contribution in [3.63, 3.8) is 0 Å². The van der Waals surface area contributed by atoms with Crippen LogP contribution in [0.2, 0.25) is 0 Å². The fourth-order valence-electron chi connectivity index (χ4n) is 3.70. The Balaban J connectivity index is 0.00000289. The first kappa shape index (κ1) is 23.8. The van der Waals surface area contributed by atoms with Crippen molar-refractivity contribution in [2.45, 2.75) is 13.8 Å². The molecule has 0 radical (unpaired) electrons. The third-order valence-electron chi connectivity index (χ3n) is 5.29. The summed E-state index contributed by atoms with van der Waals surface area (Å²) < 4.78 is 1.01. The normalized spacial score (nSPS) is 13.0. The predicted molar refractivity (Wildman–Crippen MR) is 129 cm³/mol. The number of likely N-dealkylation sites (N-methyl/N-ethyl adjacent to an activating group) is 1. The van der Waals surface area contributed by atoms with E-state index in [1.165, 1.54) is 11.3 Å². The molecule has 2 heterocycles. The van der Waals surface area contributed by atoms with E-state index in [4.69, 9.17) is 4.98 Å². The number of carbonyl (C=O) groups excluding carboxylic acids is 3. The van der Waals surface area contributed by atoms with Crippen molar-refractivity contribution in [3.8, 4) is 0 Å². The van der Waals surface area contributed by atoms with Crippen LogP contribution in [0.1, 0.15) is 31.8 Å². The number of thiazole rings is 1. The number of aromatic nitrogens is 1. The summed E-state index contributed by atoms with van der Waals surface area (Å²) in [5.74, 6) is -1.20. The van der Waals surface area contributed by atoms with Gasteiger partial charge in [0.1, 0.15) is 6.54 Å². The van der Waals surface area contributed by atoms with Crippen LogP contribution in [0.4, 0.5) is 5.13 Å². The Morgan fingerprint density at radius 2 is 1.66 bits per heavy atom. The number of hydrogen-bond donors (Lipinski definition) is 0. The van der Waals surface area contributed by atoms with Crippen LogP contribution in [-0.2, 0) is 4.79 Å². The quantitative estimate of drug-likeness (QED) is 0.513. The van der Waals surface area contributed by atoms with Crippen LogP contribution in [0.3, 0.4) is 0 Å². The molecule has 7 nitrogen and oxygen atoms in total. The van der Waals surface area contributed by atoms with E-state index in [-0.39, 0.29) is 24.9 Å². The fourth-order valence-corrected chi connectivity index (χ4v) is 4.89. The minimum atomic E-state index is -0.433. The van der Waals surface area contributed by atoms with E-state index in [2.05, 4.69) is 12.1 Å². The molecule has 0 bridgehead atoms. The molecule has 168 valence electrons. The molecule has 1 aromatic heterocycles. The van der Waals surface area contributed by atoms with Crippen molar-refractivity contribution < 1.29 is 14.4 Å². The van der Waals surface area contributed by atoms with Crippen molar-refractivity contribution >= 4 is 56.8 Å². The van der Waals surface area contributed by atoms with Crippen LogP contribution >= 0.6 is 23.7 Å². The molecular formula is C23H25ClN4O3S. The second-order valence-corrected chi connectivity index (χ2v) is 9.02. The van der Waals surface area contributed by atoms with E-state index >= 15 is 0 Å². The summed E-state index contributed by atoms with van der Waals surface area (Å²) in [7, 11) is 3.86. The second-order valence-electron chi connectivity index (χ2n) is 8.02. The average molecular weight is 473 g/mol. The van der Waals surface area contributed by atoms with Gasteiger partial charge in [-0.05, 0) is 57.3 Å². The Bertz CT molecular complexity index is 1170. The van der Waals surface area contributed by atoms with E-state index < -0.39 is 11.8 Å². The Kier molecular flexibility index (Phi) is 6.97. The van der Waals surface area contributed by atoms with Crippen molar-refractivity contribution in [1.82, 2.24) is 14.8 Å². The van der Waals surface area contributed by atoms with Gasteiger partial charge in [0, 0.05) is 13.1 Å². The first-order chi connectivity index (χ1) is 14.8. The van der Waals surface area contributed by atoms with Crippen LogP contribution in [0, 0.1) is 13.8 Å². The summed E-state index contributed by atoms with van der Waals surface area (Å²) in [6.07, 6.45) is 0. The number of anilines is 1. The Morgan fingerprint density at radius 3 is 2.25 bits per heavy atom. The van der Waals surface area contributed by atoms with Gasteiger partial charge in [-0.15, -0.1) is 12.4 Å². The summed E-state index contributed by atoms with van der Waals surface area (Å²) >= 11 is 1.45. The van der Waals surface area contributed by atoms with E-state index in [1.54, 1.807) is 29.2 Å². The summed E-state index contributed by atoms with van der Waals surface area (Å²) in [4.78, 5) is 48.0. The molecule has 0 unspecified atom stereocenters. The van der Waals surface area contributed by atoms with Crippen molar-refractivity contribution in [1.29, 1.82) is 0 Å². The van der Waals surface area contributed by atoms with Crippen LogP contribution in [-0.4, -0.2) is 66.2 Å². The number of halogens is 1. The number of imide groups is 1. The zero-order valence-corrected chi connectivity index (χ0v) is 20.0. The van der Waals surface area contributed by atoms with E-state index in [9.17, 15) is 14.4 Å². The summed E-state index contributed by atoms with van der Waals surface area (Å²) in [6, 6.07) is 10.8. The van der Waals surface area contributed by atoms with Gasteiger partial charge >= 0.3 is 0 Å². The van der Waals surface area contributed by atoms with Gasteiger partial charge in [-0.1, -0.05) is 29.5 Å². The van der Waals surface area contributed by atoms with Gasteiger partial charge in [-0.2, -0.15) is 0 Å². The van der Waals surface area contributed by atoms with Crippen LogP contribution in [0.15, 0.2) is 36.4 Å². The number of carbonyl (C=O) groups is 3. The second kappa shape index (κ2) is 9.36. The smallest absolute Gasteiger partial charge is 0.262 e. The zero-order chi connectivity index (χ0) is 22.3. The highest BCUT2D eigenvalue weighted by atomic mass is 35.5. The van der Waals surface area contributed by atoms with Crippen molar-refractivity contribution in [3.05, 3.63) is 58.7 Å². The lowest BCUT2D eigenvalue weighted by molar-refractivity contribution is -0.119. The fraction of sp³-hybridized carbons (Fsp3) is 0.304. The van der Waals surface area contributed by atoms with Gasteiger partial charge in [-0.25, -0.2) is 4.98 Å². The standard InChI is InChI=1S/C23H24N4O3S.ClH/c1-14-11-15(2)20-18(12-14)31-23(24-20)26(10-9-25(3)4)19(28)13-27-21(29)16-7-5-6-8-17(16)22(27)30;/h5-8,11-12H,9-10,13H2,1-4H3;1H. The molecule has 3 amide bonds. The molecule has 0 saturated heterocycles. The van der Waals surface area contributed by atoms with Crippen molar-refractivity contribution in [2.75, 3.05) is 38.6 Å². The lowest BCUT2D eigenvalue weighted by Crippen LogP contribution is -2.45. The topological polar surface area (TPSA) is 73.8 Å². The van der Waals surface area contributed by atoms with Gasteiger partial charge < -0.3 is 4.90 Å². The van der Waals surface area contributed by atoms with Crippen molar-refractivity contribution in [2.24, 2.45) is 0 Å². The number of hydrogen-bond acceptors (Lipinski definition) is 6. The summed E-state index contributed by atoms with van der Waals surface area (Å²) in [5.41, 5.74) is 3.74. The third-order valence-corrected chi connectivity index (χ3v) is 6.32. The minimum Gasteiger partial charge on any atom is -0.308 e. The lowest BCUT2D eigenvalue weighted by Gasteiger charge is -2.24. The highest BCUT2D eigenvalue weighted by Gasteiger charge is 2.37. The monoisotopic (exact) mass is 472 g/mol. The molecule has 3 aromatic rings. The Morgan fingerprint density at radius 1 is 1.03 bits per heavy atom. The van der Waals surface area contributed by atoms with Gasteiger partial charge in [0.15, 0.2) is 5.13 Å². The molecule has 0 spiro atoms. The van der Waals surface area contributed by atoms with Crippen LogP contribution in [0.25, 0.3) is 10.2 Å². The Labute approximate surface area is 197 Å². The predicted octanol–water partition coefficient (Wildman–Crippen LogP) is 3.53. The van der Waals surface area contributed by atoms with Crippen LogP contribution < -0.4 is 4.90 Å². The molecule has 2 aromatic carbocycles. The molecule has 1 aliphatic heterocycles. The first-order valence-electron chi connectivity index (χ1n) is 10.0. The molecule has 0 N–H and O–H groups in total. The molecule has 0 fully saturated rings. The highest BCUT2D eigenvalue weighted by Crippen LogP contribution is 2.32. The summed E-state index contributed by atoms with van der Waals surface area (Å²) in [5, 5.41) is 0.576. The van der Waals surface area contributed by atoms with E-state index in [0.29, 0.717) is 29.3 Å². The maximum Gasteiger partial charge on any atom is 0.262 e. The highest BCUT2D eigenvalue weighted by molar-refractivity contribution is 7.22. The molecule has 0 saturated carbocycles. The van der Waals surface area contributed by atoms with Gasteiger partial charge in [0.05, 0.1) is 21.3 Å². The van der Waals surface area contributed by atoms with E-state index in [0.717, 1.165) is 26.2 Å². The maximum atomic E-state index is 13.3. The number of amides is 3. The largest absolute Gasteiger partial charge is 0.308 e. The number of benzene rings is 2. The number of aryl methyl sites for hydroxylation is 2. The SMILES string of the molecule is Cc1cc(C)c2nc(N(CCN(C)C)C(=O)CN3C(=O)c4ccccc4C3=O)sc2c1.Cl. The lowest BCUT2D eigenvalue weighted by atomic mass is 10.1. The molecule has 1 aliphatic rings.